The van der Waals surface area contributed by atoms with Gasteiger partial charge >= 0.3 is 5.76 Å². The number of para-hydroxylation sites is 1. The molecule has 1 fully saturated rings. The van der Waals surface area contributed by atoms with Crippen LogP contribution in [-0.4, -0.2) is 17.7 Å². The quantitative estimate of drug-likeness (QED) is 0.787. The summed E-state index contributed by atoms with van der Waals surface area (Å²) in [6.45, 7) is 3.78. The van der Waals surface area contributed by atoms with Gasteiger partial charge in [0.05, 0.1) is 11.6 Å². The molecule has 1 saturated heterocycles. The van der Waals surface area contributed by atoms with E-state index in [4.69, 9.17) is 4.42 Å². The summed E-state index contributed by atoms with van der Waals surface area (Å²) in [6, 6.07) is 6.11. The molecular weight excluding hydrogens is 204 g/mol. The molecule has 4 heteroatoms. The molecule has 1 atom stereocenters. The molecule has 2 aromatic rings. The zero-order chi connectivity index (χ0) is 11.1. The maximum absolute atomic E-state index is 11.8. The second kappa shape index (κ2) is 3.49. The number of nitrogens with one attached hydrogen (secondary N) is 1. The van der Waals surface area contributed by atoms with Gasteiger partial charge in [0, 0.05) is 6.54 Å². The summed E-state index contributed by atoms with van der Waals surface area (Å²) in [5, 5.41) is 3.27. The molecule has 1 aromatic heterocycles. The highest BCUT2D eigenvalue weighted by Crippen LogP contribution is 2.22. The first kappa shape index (κ1) is 9.66. The topological polar surface area (TPSA) is 47.2 Å². The summed E-state index contributed by atoms with van der Waals surface area (Å²) in [7, 11) is 0. The van der Waals surface area contributed by atoms with Crippen LogP contribution in [0.1, 0.15) is 18.0 Å². The van der Waals surface area contributed by atoms with E-state index in [0.29, 0.717) is 0 Å². The minimum atomic E-state index is -0.238. The van der Waals surface area contributed by atoms with E-state index in [1.165, 1.54) is 0 Å². The number of fused-ring (bicyclic) bond motifs is 1. The number of aromatic nitrogens is 1. The van der Waals surface area contributed by atoms with Gasteiger partial charge in [-0.1, -0.05) is 12.1 Å². The number of benzene rings is 1. The molecular formula is C12H14N2O2. The van der Waals surface area contributed by atoms with Crippen LogP contribution in [-0.2, 0) is 0 Å². The third-order valence-corrected chi connectivity index (χ3v) is 3.24. The lowest BCUT2D eigenvalue weighted by Crippen LogP contribution is -2.22. The lowest BCUT2D eigenvalue weighted by atomic mass is 10.2. The molecule has 16 heavy (non-hydrogen) atoms. The smallest absolute Gasteiger partial charge is 0.407 e. The van der Waals surface area contributed by atoms with Gasteiger partial charge in [-0.05, 0) is 31.5 Å². The van der Waals surface area contributed by atoms with Crippen molar-refractivity contribution in [3.63, 3.8) is 0 Å². The number of hydrogen-bond acceptors (Lipinski definition) is 3. The Morgan fingerprint density at radius 3 is 3.12 bits per heavy atom. The van der Waals surface area contributed by atoms with E-state index >= 15 is 0 Å². The van der Waals surface area contributed by atoms with Crippen LogP contribution in [0.4, 0.5) is 0 Å². The van der Waals surface area contributed by atoms with Crippen molar-refractivity contribution in [3.8, 4) is 0 Å². The number of rotatable bonds is 1. The Morgan fingerprint density at radius 1 is 1.50 bits per heavy atom. The molecule has 4 nitrogen and oxygen atoms in total. The maximum atomic E-state index is 11.8. The molecule has 0 radical (unpaired) electrons. The third kappa shape index (κ3) is 1.30. The average Bonchev–Trinajstić information content (AvgIpc) is 2.85. The molecule has 1 aliphatic rings. The van der Waals surface area contributed by atoms with Gasteiger partial charge < -0.3 is 9.73 Å². The fourth-order valence-electron chi connectivity index (χ4n) is 2.40. The van der Waals surface area contributed by atoms with E-state index in [1.807, 2.05) is 25.1 Å². The molecule has 0 bridgehead atoms. The first-order valence-electron chi connectivity index (χ1n) is 5.59. The molecule has 0 spiro atoms. The number of aryl methyl sites for hydroxylation is 1. The van der Waals surface area contributed by atoms with Gasteiger partial charge in [-0.2, -0.15) is 0 Å². The first-order valence-corrected chi connectivity index (χ1v) is 5.59. The summed E-state index contributed by atoms with van der Waals surface area (Å²) >= 11 is 0. The van der Waals surface area contributed by atoms with Crippen molar-refractivity contribution >= 4 is 11.1 Å². The maximum Gasteiger partial charge on any atom is 0.420 e. The van der Waals surface area contributed by atoms with E-state index in [2.05, 4.69) is 5.32 Å². The van der Waals surface area contributed by atoms with Gasteiger partial charge in [-0.3, -0.25) is 4.57 Å². The summed E-state index contributed by atoms with van der Waals surface area (Å²) in [4.78, 5) is 11.8. The largest absolute Gasteiger partial charge is 0.420 e. The van der Waals surface area contributed by atoms with E-state index in [1.54, 1.807) is 4.57 Å². The van der Waals surface area contributed by atoms with Crippen molar-refractivity contribution in [2.24, 2.45) is 0 Å². The van der Waals surface area contributed by atoms with Crippen LogP contribution in [0.2, 0.25) is 0 Å². The fraction of sp³-hybridized carbons (Fsp3) is 0.417. The predicted molar refractivity (Wildman–Crippen MR) is 61.7 cm³/mol. The number of oxazole rings is 1. The van der Waals surface area contributed by atoms with Gasteiger partial charge in [0.25, 0.3) is 0 Å². The molecule has 1 unspecified atom stereocenters. The van der Waals surface area contributed by atoms with Crippen LogP contribution >= 0.6 is 0 Å². The standard InChI is InChI=1S/C12H14N2O2/c1-8-3-2-4-10-11(8)16-12(15)14(10)9-5-6-13-7-9/h2-4,9,13H,5-7H2,1H3. The molecule has 0 amide bonds. The molecule has 84 valence electrons. The van der Waals surface area contributed by atoms with Crippen LogP contribution in [0.25, 0.3) is 11.1 Å². The van der Waals surface area contributed by atoms with Crippen molar-refractivity contribution in [3.05, 3.63) is 34.3 Å². The Morgan fingerprint density at radius 2 is 2.38 bits per heavy atom. The molecule has 1 N–H and O–H groups in total. The molecule has 2 heterocycles. The summed E-state index contributed by atoms with van der Waals surface area (Å²) < 4.78 is 7.10. The van der Waals surface area contributed by atoms with Gasteiger partial charge in [-0.25, -0.2) is 4.79 Å². The molecule has 1 aliphatic heterocycles. The Hall–Kier alpha value is -1.55. The van der Waals surface area contributed by atoms with E-state index in [9.17, 15) is 4.79 Å². The lowest BCUT2D eigenvalue weighted by Gasteiger charge is -2.08. The Balaban J connectivity index is 2.27. The number of nitrogens with zero attached hydrogens (tertiary/aromatic N) is 1. The van der Waals surface area contributed by atoms with Crippen LogP contribution in [0, 0.1) is 6.92 Å². The average molecular weight is 218 g/mol. The SMILES string of the molecule is Cc1cccc2c1oc(=O)n2C1CCNC1. The van der Waals surface area contributed by atoms with Crippen molar-refractivity contribution < 1.29 is 4.42 Å². The Bertz CT molecular complexity index is 576. The van der Waals surface area contributed by atoms with E-state index < -0.39 is 0 Å². The van der Waals surface area contributed by atoms with Crippen molar-refractivity contribution in [2.45, 2.75) is 19.4 Å². The normalized spacial score (nSPS) is 20.7. The van der Waals surface area contributed by atoms with Crippen molar-refractivity contribution in [2.75, 3.05) is 13.1 Å². The van der Waals surface area contributed by atoms with Crippen LogP contribution < -0.4 is 11.1 Å². The predicted octanol–water partition coefficient (Wildman–Crippen LogP) is 1.44. The van der Waals surface area contributed by atoms with E-state index in [0.717, 1.165) is 36.2 Å². The zero-order valence-corrected chi connectivity index (χ0v) is 9.19. The highest BCUT2D eigenvalue weighted by Gasteiger charge is 2.22. The Labute approximate surface area is 92.9 Å². The fourth-order valence-corrected chi connectivity index (χ4v) is 2.40. The minimum Gasteiger partial charge on any atom is -0.407 e. The molecule has 3 rings (SSSR count). The Kier molecular flexibility index (Phi) is 2.11. The summed E-state index contributed by atoms with van der Waals surface area (Å²) in [5.74, 6) is -0.238. The second-order valence-electron chi connectivity index (χ2n) is 4.31. The highest BCUT2D eigenvalue weighted by molar-refractivity contribution is 5.76. The van der Waals surface area contributed by atoms with E-state index in [-0.39, 0.29) is 11.8 Å². The summed E-state index contributed by atoms with van der Waals surface area (Å²) in [6.07, 6.45) is 0.989. The second-order valence-corrected chi connectivity index (χ2v) is 4.31. The van der Waals surface area contributed by atoms with Crippen LogP contribution in [0.3, 0.4) is 0 Å². The minimum absolute atomic E-state index is 0.232. The van der Waals surface area contributed by atoms with Crippen LogP contribution in [0.15, 0.2) is 27.4 Å². The zero-order valence-electron chi connectivity index (χ0n) is 9.19. The van der Waals surface area contributed by atoms with Gasteiger partial charge in [0.1, 0.15) is 0 Å². The molecule has 0 aliphatic carbocycles. The highest BCUT2D eigenvalue weighted by atomic mass is 16.4. The first-order chi connectivity index (χ1) is 7.77. The van der Waals surface area contributed by atoms with Crippen molar-refractivity contribution in [1.29, 1.82) is 0 Å². The third-order valence-electron chi connectivity index (χ3n) is 3.24. The van der Waals surface area contributed by atoms with Gasteiger partial charge in [0.2, 0.25) is 0 Å². The monoisotopic (exact) mass is 218 g/mol. The summed E-state index contributed by atoms with van der Waals surface area (Å²) in [5.41, 5.74) is 2.65. The van der Waals surface area contributed by atoms with Crippen molar-refractivity contribution in [1.82, 2.24) is 9.88 Å². The van der Waals surface area contributed by atoms with Gasteiger partial charge in [0.15, 0.2) is 5.58 Å². The lowest BCUT2D eigenvalue weighted by molar-refractivity contribution is 0.459. The molecule has 1 aromatic carbocycles. The van der Waals surface area contributed by atoms with Crippen LogP contribution in [0.5, 0.6) is 0 Å². The van der Waals surface area contributed by atoms with Gasteiger partial charge in [-0.15, -0.1) is 0 Å². The molecule has 0 saturated carbocycles. The number of hydrogen-bond donors (Lipinski definition) is 1.